The van der Waals surface area contributed by atoms with Crippen LogP contribution in [0.3, 0.4) is 0 Å². The van der Waals surface area contributed by atoms with Gasteiger partial charge in [-0.3, -0.25) is 9.59 Å². The molecule has 0 aliphatic rings. The molecule has 3 aromatic carbocycles. The van der Waals surface area contributed by atoms with Gasteiger partial charge in [-0.2, -0.15) is 0 Å². The lowest BCUT2D eigenvalue weighted by Gasteiger charge is -2.14. The van der Waals surface area contributed by atoms with Crippen molar-refractivity contribution in [2.75, 3.05) is 0 Å². The third-order valence-electron chi connectivity index (χ3n) is 4.28. The molecule has 3 rings (SSSR count). The summed E-state index contributed by atoms with van der Waals surface area (Å²) in [7, 11) is 0. The fourth-order valence-corrected chi connectivity index (χ4v) is 3.02. The fraction of sp³-hybridized carbons (Fsp3) is 0.120. The highest BCUT2D eigenvalue weighted by atomic mass is 16.5. The second-order valence-corrected chi connectivity index (χ2v) is 6.63. The summed E-state index contributed by atoms with van der Waals surface area (Å²) in [5.41, 5.74) is 4.33. The maximum atomic E-state index is 11.6. The van der Waals surface area contributed by atoms with E-state index < -0.39 is 11.9 Å². The summed E-state index contributed by atoms with van der Waals surface area (Å²) in [6, 6.07) is 23.3. The zero-order valence-electron chi connectivity index (χ0n) is 16.6. The monoisotopic (exact) mass is 386 g/mol. The molecule has 0 spiro atoms. The van der Waals surface area contributed by atoms with Crippen LogP contribution in [-0.4, -0.2) is 11.9 Å². The lowest BCUT2D eigenvalue weighted by Crippen LogP contribution is -2.06. The molecule has 0 N–H and O–H groups in total. The van der Waals surface area contributed by atoms with Crippen LogP contribution in [0.2, 0.25) is 0 Å². The number of hydrogen-bond donors (Lipinski definition) is 0. The van der Waals surface area contributed by atoms with Crippen LogP contribution in [0, 0.1) is 6.92 Å². The van der Waals surface area contributed by atoms with E-state index in [1.807, 2.05) is 66.7 Å². The van der Waals surface area contributed by atoms with Gasteiger partial charge in [-0.1, -0.05) is 60.7 Å². The molecule has 0 aromatic heterocycles. The minimum atomic E-state index is -0.416. The summed E-state index contributed by atoms with van der Waals surface area (Å²) < 4.78 is 10.8. The molecule has 0 atom stereocenters. The fourth-order valence-electron chi connectivity index (χ4n) is 3.02. The molecule has 0 aliphatic heterocycles. The lowest BCUT2D eigenvalue weighted by atomic mass is 9.95. The van der Waals surface area contributed by atoms with Crippen LogP contribution in [0.5, 0.6) is 11.5 Å². The third-order valence-corrected chi connectivity index (χ3v) is 4.28. The number of esters is 2. The maximum Gasteiger partial charge on any atom is 0.308 e. The van der Waals surface area contributed by atoms with Crippen LogP contribution in [0.25, 0.3) is 11.6 Å². The molecule has 29 heavy (non-hydrogen) atoms. The second-order valence-electron chi connectivity index (χ2n) is 6.63. The van der Waals surface area contributed by atoms with Gasteiger partial charge in [-0.25, -0.2) is 0 Å². The Morgan fingerprint density at radius 2 is 1.21 bits per heavy atom. The summed E-state index contributed by atoms with van der Waals surface area (Å²) in [6.07, 6.45) is 1.94. The molecule has 0 unspecified atom stereocenters. The van der Waals surface area contributed by atoms with Gasteiger partial charge in [0.15, 0.2) is 0 Å². The van der Waals surface area contributed by atoms with Gasteiger partial charge in [0.25, 0.3) is 0 Å². The molecule has 0 amide bonds. The molecule has 0 fully saturated rings. The molecule has 4 heteroatoms. The van der Waals surface area contributed by atoms with Gasteiger partial charge in [0.05, 0.1) is 0 Å². The molecule has 0 heterocycles. The Morgan fingerprint density at radius 3 is 1.69 bits per heavy atom. The Hall–Kier alpha value is -3.66. The van der Waals surface area contributed by atoms with Crippen molar-refractivity contribution >= 4 is 23.6 Å². The van der Waals surface area contributed by atoms with Crippen molar-refractivity contribution in [3.63, 3.8) is 0 Å². The van der Waals surface area contributed by atoms with Gasteiger partial charge in [-0.05, 0) is 47.4 Å². The van der Waals surface area contributed by atoms with Crippen LogP contribution in [0.15, 0.2) is 72.8 Å². The molecule has 0 saturated heterocycles. The quantitative estimate of drug-likeness (QED) is 0.333. The van der Waals surface area contributed by atoms with Crippen LogP contribution in [0.4, 0.5) is 0 Å². The molecule has 3 aromatic rings. The minimum absolute atomic E-state index is 0.408. The van der Waals surface area contributed by atoms with E-state index in [2.05, 4.69) is 0 Å². The average molecular weight is 386 g/mol. The van der Waals surface area contributed by atoms with Crippen molar-refractivity contribution in [1.82, 2.24) is 0 Å². The first kappa shape index (κ1) is 20.1. The molecule has 0 aliphatic carbocycles. The van der Waals surface area contributed by atoms with Crippen molar-refractivity contribution in [2.24, 2.45) is 0 Å². The highest BCUT2D eigenvalue weighted by molar-refractivity contribution is 5.93. The molecular formula is C25H22O4. The van der Waals surface area contributed by atoms with E-state index in [4.69, 9.17) is 9.47 Å². The van der Waals surface area contributed by atoms with Crippen LogP contribution in [-0.2, 0) is 9.59 Å². The smallest absolute Gasteiger partial charge is 0.308 e. The zero-order valence-corrected chi connectivity index (χ0v) is 16.6. The van der Waals surface area contributed by atoms with Crippen LogP contribution < -0.4 is 9.47 Å². The average Bonchev–Trinajstić information content (AvgIpc) is 2.69. The predicted octanol–water partition coefficient (Wildman–Crippen LogP) is 5.43. The zero-order chi connectivity index (χ0) is 20.8. The number of hydrogen-bond acceptors (Lipinski definition) is 4. The predicted molar refractivity (Wildman–Crippen MR) is 114 cm³/mol. The van der Waals surface area contributed by atoms with E-state index in [1.54, 1.807) is 19.1 Å². The van der Waals surface area contributed by atoms with Gasteiger partial charge in [0, 0.05) is 19.4 Å². The SMILES string of the molecule is CC(=O)Oc1cc(C=C(c2ccccc2)c2ccccc2)c(OC(C)=O)cc1C. The molecular weight excluding hydrogens is 364 g/mol. The number of carbonyl (C=O) groups is 2. The van der Waals surface area contributed by atoms with Crippen LogP contribution >= 0.6 is 0 Å². The largest absolute Gasteiger partial charge is 0.426 e. The first-order chi connectivity index (χ1) is 13.9. The summed E-state index contributed by atoms with van der Waals surface area (Å²) in [4.78, 5) is 23.1. The Kier molecular flexibility index (Phi) is 6.25. The van der Waals surface area contributed by atoms with E-state index in [-0.39, 0.29) is 0 Å². The van der Waals surface area contributed by atoms with Gasteiger partial charge in [0.1, 0.15) is 11.5 Å². The summed E-state index contributed by atoms with van der Waals surface area (Å²) in [5, 5.41) is 0. The Labute approximate surface area is 170 Å². The third kappa shape index (κ3) is 5.20. The summed E-state index contributed by atoms with van der Waals surface area (Å²) >= 11 is 0. The Balaban J connectivity index is 2.22. The Bertz CT molecular complexity index is 1010. The highest BCUT2D eigenvalue weighted by Crippen LogP contribution is 2.34. The molecule has 0 radical (unpaired) electrons. The molecule has 0 bridgehead atoms. The van der Waals surface area contributed by atoms with Crippen molar-refractivity contribution in [1.29, 1.82) is 0 Å². The van der Waals surface area contributed by atoms with Gasteiger partial charge < -0.3 is 9.47 Å². The maximum absolute atomic E-state index is 11.6. The van der Waals surface area contributed by atoms with Gasteiger partial charge in [-0.15, -0.1) is 0 Å². The van der Waals surface area contributed by atoms with Crippen molar-refractivity contribution in [2.45, 2.75) is 20.8 Å². The standard InChI is InChI=1S/C25H22O4/c1-17-14-25(29-19(3)27)22(16-24(17)28-18(2)26)15-23(20-10-6-4-7-11-20)21-12-8-5-9-13-21/h4-16H,1-3H3. The number of ether oxygens (including phenoxy) is 2. The lowest BCUT2D eigenvalue weighted by molar-refractivity contribution is -0.133. The summed E-state index contributed by atoms with van der Waals surface area (Å²) in [6.45, 7) is 4.51. The highest BCUT2D eigenvalue weighted by Gasteiger charge is 2.14. The van der Waals surface area contributed by atoms with E-state index in [1.165, 1.54) is 13.8 Å². The Morgan fingerprint density at radius 1 is 0.724 bits per heavy atom. The number of carbonyl (C=O) groups excluding carboxylic acids is 2. The first-order valence-electron chi connectivity index (χ1n) is 9.28. The molecule has 0 saturated carbocycles. The van der Waals surface area contributed by atoms with Crippen molar-refractivity contribution in [3.05, 3.63) is 95.1 Å². The van der Waals surface area contributed by atoms with E-state index in [0.29, 0.717) is 22.6 Å². The van der Waals surface area contributed by atoms with Crippen molar-refractivity contribution in [3.8, 4) is 11.5 Å². The number of benzene rings is 3. The number of rotatable bonds is 5. The summed E-state index contributed by atoms with van der Waals surface area (Å²) in [5.74, 6) is 0.0188. The minimum Gasteiger partial charge on any atom is -0.426 e. The van der Waals surface area contributed by atoms with Crippen LogP contribution in [0.1, 0.15) is 36.1 Å². The number of aryl methyl sites for hydroxylation is 1. The van der Waals surface area contributed by atoms with Gasteiger partial charge in [0.2, 0.25) is 0 Å². The normalized spacial score (nSPS) is 10.2. The van der Waals surface area contributed by atoms with Crippen molar-refractivity contribution < 1.29 is 19.1 Å². The van der Waals surface area contributed by atoms with E-state index >= 15 is 0 Å². The molecule has 4 nitrogen and oxygen atoms in total. The van der Waals surface area contributed by atoms with E-state index in [0.717, 1.165) is 16.7 Å². The second kappa shape index (κ2) is 9.02. The molecule has 146 valence electrons. The topological polar surface area (TPSA) is 52.6 Å². The first-order valence-corrected chi connectivity index (χ1v) is 9.28. The van der Waals surface area contributed by atoms with E-state index in [9.17, 15) is 9.59 Å². The van der Waals surface area contributed by atoms with Gasteiger partial charge >= 0.3 is 11.9 Å².